The molecule has 3 N–H and O–H groups in total. The van der Waals surface area contributed by atoms with Gasteiger partial charge in [0.15, 0.2) is 0 Å². The van der Waals surface area contributed by atoms with Crippen LogP contribution in [0.2, 0.25) is 0 Å². The fraction of sp³-hybridized carbons (Fsp3) is 0.636. The van der Waals surface area contributed by atoms with Gasteiger partial charge in [-0.15, -0.1) is 0 Å². The third kappa shape index (κ3) is 2.45. The number of nitrogens with one attached hydrogen (secondary N) is 1. The normalized spacial score (nSPS) is 26.3. The molecule has 1 aromatic heterocycles. The molecule has 0 aromatic carbocycles. The number of nitrogens with zero attached hydrogens (tertiary/aromatic N) is 2. The van der Waals surface area contributed by atoms with Crippen LogP contribution in [0.25, 0.3) is 0 Å². The molecular formula is C11H18N4. The second kappa shape index (κ2) is 4.57. The Labute approximate surface area is 90.3 Å². The molecule has 4 nitrogen and oxygen atoms in total. The number of nitrogen functional groups attached to an aromatic ring is 1. The lowest BCUT2D eigenvalue weighted by Crippen LogP contribution is -2.16. The SMILES string of the molecule is CC1CCCC(c2nccc(NN)n2)C1. The van der Waals surface area contributed by atoms with Gasteiger partial charge in [0.05, 0.1) is 0 Å². The van der Waals surface area contributed by atoms with Crippen molar-refractivity contribution in [3.05, 3.63) is 18.1 Å². The Morgan fingerprint density at radius 2 is 2.33 bits per heavy atom. The number of hydrogen-bond donors (Lipinski definition) is 2. The van der Waals surface area contributed by atoms with Crippen molar-refractivity contribution in [2.24, 2.45) is 11.8 Å². The predicted molar refractivity (Wildman–Crippen MR) is 60.2 cm³/mol. The zero-order valence-electron chi connectivity index (χ0n) is 9.11. The molecule has 0 aliphatic heterocycles. The van der Waals surface area contributed by atoms with E-state index >= 15 is 0 Å². The maximum Gasteiger partial charge on any atom is 0.143 e. The summed E-state index contributed by atoms with van der Waals surface area (Å²) < 4.78 is 0. The maximum atomic E-state index is 5.34. The van der Waals surface area contributed by atoms with Crippen LogP contribution in [0.4, 0.5) is 5.82 Å². The van der Waals surface area contributed by atoms with Gasteiger partial charge in [-0.2, -0.15) is 0 Å². The van der Waals surface area contributed by atoms with Crippen molar-refractivity contribution in [1.29, 1.82) is 0 Å². The Kier molecular flexibility index (Phi) is 3.16. The van der Waals surface area contributed by atoms with Crippen LogP contribution in [0.3, 0.4) is 0 Å². The number of anilines is 1. The summed E-state index contributed by atoms with van der Waals surface area (Å²) in [5.41, 5.74) is 2.57. The van der Waals surface area contributed by atoms with Crippen molar-refractivity contribution in [2.45, 2.75) is 38.5 Å². The molecule has 1 fully saturated rings. The summed E-state index contributed by atoms with van der Waals surface area (Å²) in [5, 5.41) is 0. The summed E-state index contributed by atoms with van der Waals surface area (Å²) in [5.74, 6) is 8.29. The van der Waals surface area contributed by atoms with Crippen LogP contribution in [0.5, 0.6) is 0 Å². The molecule has 2 unspecified atom stereocenters. The van der Waals surface area contributed by atoms with Crippen molar-refractivity contribution in [1.82, 2.24) is 9.97 Å². The number of hydrogen-bond acceptors (Lipinski definition) is 4. The van der Waals surface area contributed by atoms with Gasteiger partial charge in [0.1, 0.15) is 11.6 Å². The van der Waals surface area contributed by atoms with E-state index in [0.29, 0.717) is 11.7 Å². The Morgan fingerprint density at radius 3 is 3.07 bits per heavy atom. The molecule has 0 radical (unpaired) electrons. The quantitative estimate of drug-likeness (QED) is 0.574. The largest absolute Gasteiger partial charge is 0.308 e. The van der Waals surface area contributed by atoms with E-state index in [1.807, 2.05) is 0 Å². The van der Waals surface area contributed by atoms with Crippen LogP contribution < -0.4 is 11.3 Å². The van der Waals surface area contributed by atoms with E-state index in [-0.39, 0.29) is 0 Å². The van der Waals surface area contributed by atoms with E-state index in [2.05, 4.69) is 22.3 Å². The Bertz CT molecular complexity index is 326. The molecule has 0 saturated heterocycles. The molecule has 1 aliphatic carbocycles. The highest BCUT2D eigenvalue weighted by Gasteiger charge is 2.22. The van der Waals surface area contributed by atoms with Crippen LogP contribution in [0.15, 0.2) is 12.3 Å². The zero-order valence-corrected chi connectivity index (χ0v) is 9.11. The van der Waals surface area contributed by atoms with E-state index in [4.69, 9.17) is 5.84 Å². The van der Waals surface area contributed by atoms with Crippen LogP contribution >= 0.6 is 0 Å². The molecule has 1 aromatic rings. The summed E-state index contributed by atoms with van der Waals surface area (Å²) in [4.78, 5) is 8.74. The first kappa shape index (κ1) is 10.4. The molecular weight excluding hydrogens is 188 g/mol. The fourth-order valence-corrected chi connectivity index (χ4v) is 2.32. The summed E-state index contributed by atoms with van der Waals surface area (Å²) in [6, 6.07) is 1.79. The monoisotopic (exact) mass is 206 g/mol. The third-order valence-electron chi connectivity index (χ3n) is 3.12. The lowest BCUT2D eigenvalue weighted by Gasteiger charge is -2.25. The van der Waals surface area contributed by atoms with Crippen molar-refractivity contribution < 1.29 is 0 Å². The van der Waals surface area contributed by atoms with Gasteiger partial charge in [0.25, 0.3) is 0 Å². The first-order valence-electron chi connectivity index (χ1n) is 5.59. The van der Waals surface area contributed by atoms with Gasteiger partial charge in [0, 0.05) is 18.2 Å². The topological polar surface area (TPSA) is 63.8 Å². The lowest BCUT2D eigenvalue weighted by atomic mass is 9.82. The molecule has 0 bridgehead atoms. The van der Waals surface area contributed by atoms with Crippen LogP contribution in [-0.2, 0) is 0 Å². The number of hydrazine groups is 1. The summed E-state index contributed by atoms with van der Waals surface area (Å²) in [7, 11) is 0. The minimum atomic E-state index is 0.516. The molecule has 2 rings (SSSR count). The highest BCUT2D eigenvalue weighted by Crippen LogP contribution is 2.34. The molecule has 1 saturated carbocycles. The average molecular weight is 206 g/mol. The molecule has 0 spiro atoms. The van der Waals surface area contributed by atoms with Gasteiger partial charge < -0.3 is 5.43 Å². The fourth-order valence-electron chi connectivity index (χ4n) is 2.32. The van der Waals surface area contributed by atoms with Crippen molar-refractivity contribution in [3.63, 3.8) is 0 Å². The van der Waals surface area contributed by atoms with E-state index < -0.39 is 0 Å². The van der Waals surface area contributed by atoms with Gasteiger partial charge in [-0.05, 0) is 18.8 Å². The Morgan fingerprint density at radius 1 is 1.47 bits per heavy atom. The van der Waals surface area contributed by atoms with Gasteiger partial charge in [-0.1, -0.05) is 19.8 Å². The van der Waals surface area contributed by atoms with Gasteiger partial charge in [-0.25, -0.2) is 15.8 Å². The lowest BCUT2D eigenvalue weighted by molar-refractivity contribution is 0.335. The Hall–Kier alpha value is -1.16. The standard InChI is InChI=1S/C11H18N4/c1-8-3-2-4-9(7-8)11-13-6-5-10(14-11)15-12/h5-6,8-9H,2-4,7,12H2,1H3,(H,13,14,15). The smallest absolute Gasteiger partial charge is 0.143 e. The minimum Gasteiger partial charge on any atom is -0.308 e. The van der Waals surface area contributed by atoms with E-state index in [9.17, 15) is 0 Å². The van der Waals surface area contributed by atoms with Crippen molar-refractivity contribution in [2.75, 3.05) is 5.43 Å². The average Bonchev–Trinajstić information content (AvgIpc) is 2.29. The molecule has 1 heterocycles. The van der Waals surface area contributed by atoms with Crippen LogP contribution in [0, 0.1) is 5.92 Å². The third-order valence-corrected chi connectivity index (χ3v) is 3.12. The molecule has 0 amide bonds. The number of aromatic nitrogens is 2. The minimum absolute atomic E-state index is 0.516. The van der Waals surface area contributed by atoms with E-state index in [1.165, 1.54) is 25.7 Å². The second-order valence-electron chi connectivity index (χ2n) is 4.41. The number of nitrogens with two attached hydrogens (primary N) is 1. The maximum absolute atomic E-state index is 5.34. The molecule has 15 heavy (non-hydrogen) atoms. The predicted octanol–water partition coefficient (Wildman–Crippen LogP) is 2.06. The highest BCUT2D eigenvalue weighted by atomic mass is 15.3. The van der Waals surface area contributed by atoms with Crippen LogP contribution in [0.1, 0.15) is 44.3 Å². The molecule has 1 aliphatic rings. The summed E-state index contributed by atoms with van der Waals surface area (Å²) in [6.07, 6.45) is 6.81. The van der Waals surface area contributed by atoms with Gasteiger partial charge in [0.2, 0.25) is 0 Å². The molecule has 2 atom stereocenters. The zero-order chi connectivity index (χ0) is 10.7. The highest BCUT2D eigenvalue weighted by molar-refractivity contribution is 5.31. The summed E-state index contributed by atoms with van der Waals surface area (Å²) in [6.45, 7) is 2.30. The molecule has 4 heteroatoms. The van der Waals surface area contributed by atoms with E-state index in [0.717, 1.165) is 11.7 Å². The van der Waals surface area contributed by atoms with E-state index in [1.54, 1.807) is 12.3 Å². The summed E-state index contributed by atoms with van der Waals surface area (Å²) >= 11 is 0. The van der Waals surface area contributed by atoms with Crippen molar-refractivity contribution >= 4 is 5.82 Å². The number of rotatable bonds is 2. The van der Waals surface area contributed by atoms with Gasteiger partial charge >= 0.3 is 0 Å². The first-order valence-corrected chi connectivity index (χ1v) is 5.59. The Balaban J connectivity index is 2.13. The van der Waals surface area contributed by atoms with Crippen molar-refractivity contribution in [3.8, 4) is 0 Å². The first-order chi connectivity index (χ1) is 7.29. The van der Waals surface area contributed by atoms with Gasteiger partial charge in [-0.3, -0.25) is 0 Å². The second-order valence-corrected chi connectivity index (χ2v) is 4.41. The molecule has 82 valence electrons. The van der Waals surface area contributed by atoms with Crippen LogP contribution in [-0.4, -0.2) is 9.97 Å².